The van der Waals surface area contributed by atoms with Crippen LogP contribution in [0, 0.1) is 5.92 Å². The minimum atomic E-state index is -3.82. The SMILES string of the molecule is CCC(O)C(=O)N(CC1CC1)NS(=O)(=O)c1ccccc1. The van der Waals surface area contributed by atoms with Gasteiger partial charge < -0.3 is 5.11 Å². The number of benzene rings is 1. The van der Waals surface area contributed by atoms with Gasteiger partial charge in [0.1, 0.15) is 6.10 Å². The van der Waals surface area contributed by atoms with Crippen molar-refractivity contribution in [2.75, 3.05) is 6.54 Å². The molecule has 2 N–H and O–H groups in total. The summed E-state index contributed by atoms with van der Waals surface area (Å²) in [7, 11) is -3.82. The van der Waals surface area contributed by atoms with Crippen LogP contribution >= 0.6 is 0 Å². The highest BCUT2D eigenvalue weighted by molar-refractivity contribution is 7.89. The third kappa shape index (κ3) is 4.26. The van der Waals surface area contributed by atoms with Crippen LogP contribution in [-0.2, 0) is 14.8 Å². The molecule has 1 atom stereocenters. The molecule has 0 aliphatic heterocycles. The first-order valence-electron chi connectivity index (χ1n) is 7.01. The summed E-state index contributed by atoms with van der Waals surface area (Å²) in [4.78, 5) is 14.5. The van der Waals surface area contributed by atoms with Crippen molar-refractivity contribution in [3.05, 3.63) is 30.3 Å². The molecular weight excluding hydrogens is 292 g/mol. The van der Waals surface area contributed by atoms with Gasteiger partial charge in [0, 0.05) is 6.54 Å². The second-order valence-electron chi connectivity index (χ2n) is 5.22. The van der Waals surface area contributed by atoms with Gasteiger partial charge in [0.25, 0.3) is 15.9 Å². The van der Waals surface area contributed by atoms with E-state index in [1.165, 1.54) is 12.1 Å². The first kappa shape index (κ1) is 15.9. The van der Waals surface area contributed by atoms with E-state index < -0.39 is 22.0 Å². The Kier molecular flexibility index (Phi) is 4.97. The van der Waals surface area contributed by atoms with Crippen LogP contribution in [0.5, 0.6) is 0 Å². The maximum Gasteiger partial charge on any atom is 0.266 e. The molecule has 7 heteroatoms. The smallest absolute Gasteiger partial charge is 0.266 e. The van der Waals surface area contributed by atoms with Crippen LogP contribution in [0.15, 0.2) is 35.2 Å². The third-order valence-corrected chi connectivity index (χ3v) is 4.71. The van der Waals surface area contributed by atoms with Gasteiger partial charge in [-0.05, 0) is 37.3 Å². The Morgan fingerprint density at radius 3 is 2.52 bits per heavy atom. The molecule has 6 nitrogen and oxygen atoms in total. The van der Waals surface area contributed by atoms with Crippen molar-refractivity contribution in [3.8, 4) is 0 Å². The first-order chi connectivity index (χ1) is 9.94. The number of nitrogens with one attached hydrogen (secondary N) is 1. The minimum absolute atomic E-state index is 0.0876. The zero-order valence-corrected chi connectivity index (χ0v) is 12.7. The highest BCUT2D eigenvalue weighted by Crippen LogP contribution is 2.29. The van der Waals surface area contributed by atoms with E-state index in [-0.39, 0.29) is 11.3 Å². The fourth-order valence-electron chi connectivity index (χ4n) is 1.88. The van der Waals surface area contributed by atoms with E-state index in [4.69, 9.17) is 0 Å². The second-order valence-corrected chi connectivity index (χ2v) is 6.88. The predicted molar refractivity (Wildman–Crippen MR) is 77.5 cm³/mol. The van der Waals surface area contributed by atoms with Gasteiger partial charge in [-0.15, -0.1) is 4.83 Å². The summed E-state index contributed by atoms with van der Waals surface area (Å²) in [5, 5.41) is 10.7. The summed E-state index contributed by atoms with van der Waals surface area (Å²) in [6, 6.07) is 7.86. The van der Waals surface area contributed by atoms with Crippen LogP contribution in [0.2, 0.25) is 0 Å². The molecule has 1 aromatic carbocycles. The van der Waals surface area contributed by atoms with Crippen molar-refractivity contribution in [1.82, 2.24) is 9.84 Å². The third-order valence-electron chi connectivity index (χ3n) is 3.36. The molecule has 21 heavy (non-hydrogen) atoms. The number of hydrogen-bond acceptors (Lipinski definition) is 4. The van der Waals surface area contributed by atoms with Gasteiger partial charge in [-0.3, -0.25) is 9.80 Å². The summed E-state index contributed by atoms with van der Waals surface area (Å²) in [6.07, 6.45) is 0.993. The maximum atomic E-state index is 12.3. The van der Waals surface area contributed by atoms with E-state index in [9.17, 15) is 18.3 Å². The van der Waals surface area contributed by atoms with Gasteiger partial charge in [0.05, 0.1) is 4.90 Å². The monoisotopic (exact) mass is 312 g/mol. The highest BCUT2D eigenvalue weighted by Gasteiger charge is 2.32. The molecule has 0 aromatic heterocycles. The molecule has 0 heterocycles. The largest absolute Gasteiger partial charge is 0.383 e. The molecular formula is C14H20N2O4S. The van der Waals surface area contributed by atoms with Gasteiger partial charge in [0.2, 0.25) is 0 Å². The molecule has 0 saturated heterocycles. The van der Waals surface area contributed by atoms with Crippen molar-refractivity contribution in [3.63, 3.8) is 0 Å². The summed E-state index contributed by atoms with van der Waals surface area (Å²) in [5.74, 6) is -0.305. The quantitative estimate of drug-likeness (QED) is 0.732. The van der Waals surface area contributed by atoms with Crippen molar-refractivity contribution in [1.29, 1.82) is 0 Å². The summed E-state index contributed by atoms with van der Waals surface area (Å²) < 4.78 is 24.5. The Balaban J connectivity index is 2.16. The molecule has 1 unspecified atom stereocenters. The number of aliphatic hydroxyl groups is 1. The Morgan fingerprint density at radius 2 is 2.00 bits per heavy atom. The number of carbonyl (C=O) groups excluding carboxylic acids is 1. The molecule has 1 aromatic rings. The lowest BCUT2D eigenvalue weighted by Crippen LogP contribution is -2.50. The standard InChI is InChI=1S/C14H20N2O4S/c1-2-13(17)14(18)16(10-11-8-9-11)15-21(19,20)12-6-4-3-5-7-12/h3-7,11,13,15,17H,2,8-10H2,1H3. The molecule has 0 radical (unpaired) electrons. The van der Waals surface area contributed by atoms with Gasteiger partial charge >= 0.3 is 0 Å². The molecule has 2 rings (SSSR count). The number of amides is 1. The van der Waals surface area contributed by atoms with E-state index in [0.29, 0.717) is 12.5 Å². The number of carbonyl (C=O) groups is 1. The lowest BCUT2D eigenvalue weighted by atomic mass is 10.2. The first-order valence-corrected chi connectivity index (χ1v) is 8.49. The summed E-state index contributed by atoms with van der Waals surface area (Å²) in [6.45, 7) is 1.96. The molecule has 0 bridgehead atoms. The number of rotatable bonds is 7. The van der Waals surface area contributed by atoms with Crippen molar-refractivity contribution in [2.45, 2.75) is 37.2 Å². The lowest BCUT2D eigenvalue weighted by molar-refractivity contribution is -0.142. The average molecular weight is 312 g/mol. The van der Waals surface area contributed by atoms with Crippen LogP contribution in [0.3, 0.4) is 0 Å². The summed E-state index contributed by atoms with van der Waals surface area (Å²) >= 11 is 0. The van der Waals surface area contributed by atoms with Crippen molar-refractivity contribution in [2.24, 2.45) is 5.92 Å². The van der Waals surface area contributed by atoms with Gasteiger partial charge in [0.15, 0.2) is 0 Å². The van der Waals surface area contributed by atoms with Crippen molar-refractivity contribution < 1.29 is 18.3 Å². The van der Waals surface area contributed by atoms with Crippen LogP contribution in [0.1, 0.15) is 26.2 Å². The number of hydrogen-bond donors (Lipinski definition) is 2. The van der Waals surface area contributed by atoms with Crippen LogP contribution in [0.4, 0.5) is 0 Å². The predicted octanol–water partition coefficient (Wildman–Crippen LogP) is 0.889. The van der Waals surface area contributed by atoms with E-state index in [1.807, 2.05) is 0 Å². The molecule has 1 amide bonds. The Bertz CT molecular complexity index is 584. The number of hydrazine groups is 1. The van der Waals surface area contributed by atoms with Crippen LogP contribution in [0.25, 0.3) is 0 Å². The summed E-state index contributed by atoms with van der Waals surface area (Å²) in [5.41, 5.74) is 0. The Hall–Kier alpha value is -1.44. The maximum absolute atomic E-state index is 12.3. The lowest BCUT2D eigenvalue weighted by Gasteiger charge is -2.25. The highest BCUT2D eigenvalue weighted by atomic mass is 32.2. The Labute approximate surface area is 124 Å². The zero-order chi connectivity index (χ0) is 15.5. The number of nitrogens with zero attached hydrogens (tertiary/aromatic N) is 1. The number of sulfonamides is 1. The topological polar surface area (TPSA) is 86.7 Å². The normalized spacial score (nSPS) is 16.5. The average Bonchev–Trinajstić information content (AvgIpc) is 3.29. The minimum Gasteiger partial charge on any atom is -0.383 e. The van der Waals surface area contributed by atoms with Crippen molar-refractivity contribution >= 4 is 15.9 Å². The zero-order valence-electron chi connectivity index (χ0n) is 11.9. The fraction of sp³-hybridized carbons (Fsp3) is 0.500. The second kappa shape index (κ2) is 6.55. The van der Waals surface area contributed by atoms with E-state index >= 15 is 0 Å². The molecule has 1 fully saturated rings. The fourth-order valence-corrected chi connectivity index (χ4v) is 2.96. The van der Waals surface area contributed by atoms with E-state index in [1.54, 1.807) is 25.1 Å². The van der Waals surface area contributed by atoms with Crippen LogP contribution < -0.4 is 4.83 Å². The Morgan fingerprint density at radius 1 is 1.38 bits per heavy atom. The molecule has 1 aliphatic carbocycles. The van der Waals surface area contributed by atoms with Gasteiger partial charge in [-0.2, -0.15) is 0 Å². The van der Waals surface area contributed by atoms with Crippen LogP contribution in [-0.4, -0.2) is 37.1 Å². The molecule has 0 spiro atoms. The van der Waals surface area contributed by atoms with Gasteiger partial charge in [-0.1, -0.05) is 25.1 Å². The molecule has 1 aliphatic rings. The van der Waals surface area contributed by atoms with Gasteiger partial charge in [-0.25, -0.2) is 8.42 Å². The molecule has 1 saturated carbocycles. The van der Waals surface area contributed by atoms with E-state index in [0.717, 1.165) is 17.9 Å². The van der Waals surface area contributed by atoms with E-state index in [2.05, 4.69) is 4.83 Å². The number of aliphatic hydroxyl groups excluding tert-OH is 1. The molecule has 116 valence electrons.